The van der Waals surface area contributed by atoms with Crippen molar-refractivity contribution in [1.82, 2.24) is 10.6 Å². The molecule has 0 unspecified atom stereocenters. The molecule has 0 radical (unpaired) electrons. The molecule has 0 aromatic heterocycles. The first kappa shape index (κ1) is 13.4. The van der Waals surface area contributed by atoms with Crippen LogP contribution in [0.3, 0.4) is 0 Å². The Morgan fingerprint density at radius 3 is 3.17 bits per heavy atom. The van der Waals surface area contributed by atoms with Crippen molar-refractivity contribution in [2.24, 2.45) is 0 Å². The number of hydrogen-bond acceptors (Lipinski definition) is 3. The Morgan fingerprint density at radius 2 is 2.33 bits per heavy atom. The fourth-order valence-electron chi connectivity index (χ4n) is 2.03. The molecule has 4 heteroatoms. The number of fused-ring (bicyclic) bond motifs is 1. The second-order valence-corrected chi connectivity index (χ2v) is 5.59. The highest BCUT2D eigenvalue weighted by Crippen LogP contribution is 2.30. The first-order valence-corrected chi connectivity index (χ1v) is 7.50. The maximum Gasteiger partial charge on any atom is 0.234 e. The molecule has 1 amide bonds. The molecule has 0 saturated carbocycles. The summed E-state index contributed by atoms with van der Waals surface area (Å²) >= 11 is 1.94. The molecule has 0 saturated heterocycles. The van der Waals surface area contributed by atoms with E-state index >= 15 is 0 Å². The van der Waals surface area contributed by atoms with Crippen molar-refractivity contribution in [1.29, 1.82) is 0 Å². The third-order valence-electron chi connectivity index (χ3n) is 3.00. The lowest BCUT2D eigenvalue weighted by atomic mass is 10.1. The Balaban J connectivity index is 1.88. The van der Waals surface area contributed by atoms with Crippen LogP contribution in [0.1, 0.15) is 24.5 Å². The van der Waals surface area contributed by atoms with Crippen molar-refractivity contribution in [2.45, 2.75) is 31.2 Å². The van der Waals surface area contributed by atoms with Crippen LogP contribution in [-0.4, -0.2) is 24.7 Å². The lowest BCUT2D eigenvalue weighted by Gasteiger charge is -2.16. The molecule has 1 aromatic rings. The monoisotopic (exact) mass is 264 g/mol. The summed E-state index contributed by atoms with van der Waals surface area (Å²) in [7, 11) is 0. The molecule has 0 aliphatic carbocycles. The minimum Gasteiger partial charge on any atom is -0.351 e. The number of likely N-dealkylation sites (N-methyl/N-ethyl adjacent to an activating group) is 1. The summed E-state index contributed by atoms with van der Waals surface area (Å²) in [4.78, 5) is 12.9. The van der Waals surface area contributed by atoms with Crippen molar-refractivity contribution < 1.29 is 4.79 Å². The zero-order valence-corrected chi connectivity index (χ0v) is 11.6. The van der Waals surface area contributed by atoms with Crippen LogP contribution >= 0.6 is 11.8 Å². The minimum absolute atomic E-state index is 0.0592. The van der Waals surface area contributed by atoms with Crippen molar-refractivity contribution in [3.8, 4) is 0 Å². The topological polar surface area (TPSA) is 41.1 Å². The molecule has 98 valence electrons. The van der Waals surface area contributed by atoms with Crippen LogP contribution in [0.15, 0.2) is 23.1 Å². The summed E-state index contributed by atoms with van der Waals surface area (Å²) in [5.74, 6) is 1.29. The minimum atomic E-state index is 0.0592. The first-order valence-electron chi connectivity index (χ1n) is 6.51. The molecule has 1 aromatic carbocycles. The van der Waals surface area contributed by atoms with Crippen molar-refractivity contribution in [3.05, 3.63) is 29.3 Å². The summed E-state index contributed by atoms with van der Waals surface area (Å²) in [5.41, 5.74) is 2.63. The van der Waals surface area contributed by atoms with E-state index in [4.69, 9.17) is 0 Å². The van der Waals surface area contributed by atoms with E-state index in [1.165, 1.54) is 34.6 Å². The van der Waals surface area contributed by atoms with Crippen LogP contribution in [0.2, 0.25) is 0 Å². The summed E-state index contributed by atoms with van der Waals surface area (Å²) in [5, 5.41) is 5.95. The van der Waals surface area contributed by atoms with Crippen molar-refractivity contribution >= 4 is 17.7 Å². The molecule has 18 heavy (non-hydrogen) atoms. The fourth-order valence-corrected chi connectivity index (χ4v) is 3.04. The molecular formula is C14H20N2OS. The Morgan fingerprint density at radius 1 is 1.44 bits per heavy atom. The van der Waals surface area contributed by atoms with Crippen LogP contribution < -0.4 is 10.6 Å². The highest BCUT2D eigenvalue weighted by Gasteiger charge is 2.10. The normalized spacial score (nSPS) is 14.1. The van der Waals surface area contributed by atoms with Gasteiger partial charge in [-0.05, 0) is 42.3 Å². The van der Waals surface area contributed by atoms with Crippen molar-refractivity contribution in [3.63, 3.8) is 0 Å². The summed E-state index contributed by atoms with van der Waals surface area (Å²) in [6.07, 6.45) is 2.43. The lowest BCUT2D eigenvalue weighted by molar-refractivity contribution is -0.120. The van der Waals surface area contributed by atoms with Crippen LogP contribution in [0.5, 0.6) is 0 Å². The van der Waals surface area contributed by atoms with Gasteiger partial charge in [0.1, 0.15) is 0 Å². The van der Waals surface area contributed by atoms with E-state index in [2.05, 4.69) is 28.8 Å². The van der Waals surface area contributed by atoms with Gasteiger partial charge in [-0.2, -0.15) is 0 Å². The van der Waals surface area contributed by atoms with Gasteiger partial charge in [0.05, 0.1) is 6.54 Å². The maximum absolute atomic E-state index is 11.5. The average molecular weight is 264 g/mol. The predicted molar refractivity (Wildman–Crippen MR) is 75.9 cm³/mol. The first-order chi connectivity index (χ1) is 8.79. The van der Waals surface area contributed by atoms with Gasteiger partial charge in [0.25, 0.3) is 0 Å². The second kappa shape index (κ2) is 6.81. The zero-order valence-electron chi connectivity index (χ0n) is 10.8. The van der Waals surface area contributed by atoms with Gasteiger partial charge in [-0.25, -0.2) is 0 Å². The van der Waals surface area contributed by atoms with Crippen LogP contribution in [0, 0.1) is 0 Å². The Kier molecular flexibility index (Phi) is 5.08. The largest absolute Gasteiger partial charge is 0.351 e. The SMILES string of the molecule is CCNCC(=O)NCc1ccc2c(c1)CCCS2. The van der Waals surface area contributed by atoms with Crippen LogP contribution in [0.4, 0.5) is 0 Å². The Bertz CT molecular complexity index is 420. The predicted octanol–water partition coefficient (Wildman–Crippen LogP) is 1.95. The number of amides is 1. The number of hydrogen-bond donors (Lipinski definition) is 2. The maximum atomic E-state index is 11.5. The molecule has 2 rings (SSSR count). The van der Waals surface area contributed by atoms with E-state index in [0.29, 0.717) is 13.1 Å². The smallest absolute Gasteiger partial charge is 0.234 e. The number of aryl methyl sites for hydroxylation is 1. The highest BCUT2D eigenvalue weighted by atomic mass is 32.2. The van der Waals surface area contributed by atoms with E-state index in [1.807, 2.05) is 18.7 Å². The molecular weight excluding hydrogens is 244 g/mol. The van der Waals surface area contributed by atoms with Crippen molar-refractivity contribution in [2.75, 3.05) is 18.8 Å². The van der Waals surface area contributed by atoms with E-state index in [9.17, 15) is 4.79 Å². The number of thioether (sulfide) groups is 1. The third kappa shape index (κ3) is 3.75. The molecule has 0 spiro atoms. The molecule has 1 aliphatic heterocycles. The van der Waals surface area contributed by atoms with Gasteiger partial charge >= 0.3 is 0 Å². The molecule has 1 aliphatic rings. The molecule has 0 fully saturated rings. The third-order valence-corrected chi connectivity index (χ3v) is 4.20. The van der Waals surface area contributed by atoms with Gasteiger partial charge in [-0.15, -0.1) is 11.8 Å². The molecule has 2 N–H and O–H groups in total. The number of nitrogens with one attached hydrogen (secondary N) is 2. The quantitative estimate of drug-likeness (QED) is 0.854. The van der Waals surface area contributed by atoms with Gasteiger partial charge < -0.3 is 10.6 Å². The molecule has 0 atom stereocenters. The van der Waals surface area contributed by atoms with Gasteiger partial charge in [0, 0.05) is 11.4 Å². The van der Waals surface area contributed by atoms with Crippen LogP contribution in [0.25, 0.3) is 0 Å². The van der Waals surface area contributed by atoms with Gasteiger partial charge in [0.15, 0.2) is 0 Å². The average Bonchev–Trinajstić information content (AvgIpc) is 2.42. The Labute approximate surface area is 113 Å². The molecule has 0 bridgehead atoms. The number of rotatable bonds is 5. The standard InChI is InChI=1S/C14H20N2OS/c1-2-15-10-14(17)16-9-11-5-6-13-12(8-11)4-3-7-18-13/h5-6,8,15H,2-4,7,9-10H2,1H3,(H,16,17). The fraction of sp³-hybridized carbons (Fsp3) is 0.500. The summed E-state index contributed by atoms with van der Waals surface area (Å²) in [6, 6.07) is 6.53. The van der Waals surface area contributed by atoms with E-state index in [1.54, 1.807) is 0 Å². The zero-order chi connectivity index (χ0) is 12.8. The number of carbonyl (C=O) groups excluding carboxylic acids is 1. The van der Waals surface area contributed by atoms with Gasteiger partial charge in [0.2, 0.25) is 5.91 Å². The summed E-state index contributed by atoms with van der Waals surface area (Å²) < 4.78 is 0. The van der Waals surface area contributed by atoms with E-state index in [-0.39, 0.29) is 5.91 Å². The molecule has 3 nitrogen and oxygen atoms in total. The lowest BCUT2D eigenvalue weighted by Crippen LogP contribution is -2.33. The highest BCUT2D eigenvalue weighted by molar-refractivity contribution is 7.99. The van der Waals surface area contributed by atoms with E-state index in [0.717, 1.165) is 6.54 Å². The second-order valence-electron chi connectivity index (χ2n) is 4.45. The number of benzene rings is 1. The van der Waals surface area contributed by atoms with Crippen LogP contribution in [-0.2, 0) is 17.8 Å². The van der Waals surface area contributed by atoms with Gasteiger partial charge in [-0.3, -0.25) is 4.79 Å². The molecule has 1 heterocycles. The summed E-state index contributed by atoms with van der Waals surface area (Å²) in [6.45, 7) is 3.84. The number of carbonyl (C=O) groups is 1. The Hall–Kier alpha value is -1.00. The van der Waals surface area contributed by atoms with E-state index < -0.39 is 0 Å². The van der Waals surface area contributed by atoms with Gasteiger partial charge in [-0.1, -0.05) is 19.1 Å².